The lowest BCUT2D eigenvalue weighted by Gasteiger charge is -2.21. The van der Waals surface area contributed by atoms with Gasteiger partial charge in [-0.05, 0) is 12.5 Å². The van der Waals surface area contributed by atoms with Crippen LogP contribution in [-0.2, 0) is 6.54 Å². The van der Waals surface area contributed by atoms with Gasteiger partial charge in [-0.15, -0.1) is 22.9 Å². The molecule has 19 heavy (non-hydrogen) atoms. The normalized spacial score (nSPS) is 10.4. The first-order chi connectivity index (χ1) is 9.22. The lowest BCUT2D eigenvalue weighted by Crippen LogP contribution is -2.32. The van der Waals surface area contributed by atoms with Gasteiger partial charge in [0.1, 0.15) is 4.88 Å². The molecule has 0 aliphatic carbocycles. The summed E-state index contributed by atoms with van der Waals surface area (Å²) in [6.45, 7) is 2.96. The summed E-state index contributed by atoms with van der Waals surface area (Å²) in [5, 5.41) is 0. The second-order valence-electron chi connectivity index (χ2n) is 4.17. The van der Waals surface area contributed by atoms with Gasteiger partial charge in [0.15, 0.2) is 0 Å². The average molecular weight is 295 g/mol. The van der Waals surface area contributed by atoms with E-state index in [2.05, 4.69) is 4.98 Å². The van der Waals surface area contributed by atoms with E-state index in [1.54, 1.807) is 10.4 Å². The largest absolute Gasteiger partial charge is 0.332 e. The van der Waals surface area contributed by atoms with Gasteiger partial charge in [0.05, 0.1) is 11.2 Å². The van der Waals surface area contributed by atoms with Crippen molar-refractivity contribution >= 4 is 28.8 Å². The molecule has 0 radical (unpaired) electrons. The summed E-state index contributed by atoms with van der Waals surface area (Å²) >= 11 is 7.18. The van der Waals surface area contributed by atoms with Crippen molar-refractivity contribution in [3.63, 3.8) is 0 Å². The number of rotatable bonds is 5. The summed E-state index contributed by atoms with van der Waals surface area (Å²) in [4.78, 5) is 19.0. The standard InChI is InChI=1S/C14H15ClN2OS/c1-11-13(19-10-16-11)14(18)17(8-7-15)9-12-5-3-2-4-6-12/h2-6,10H,7-9H2,1H3. The monoisotopic (exact) mass is 294 g/mol. The number of carbonyl (C=O) groups excluding carboxylic acids is 1. The summed E-state index contributed by atoms with van der Waals surface area (Å²) in [5.41, 5.74) is 3.58. The molecule has 3 nitrogen and oxygen atoms in total. The van der Waals surface area contributed by atoms with Crippen molar-refractivity contribution in [2.75, 3.05) is 12.4 Å². The molecule has 0 saturated heterocycles. The Morgan fingerprint density at radius 3 is 2.68 bits per heavy atom. The molecule has 0 spiro atoms. The molecule has 100 valence electrons. The quantitative estimate of drug-likeness (QED) is 0.793. The molecule has 2 rings (SSSR count). The van der Waals surface area contributed by atoms with Crippen LogP contribution in [0.25, 0.3) is 0 Å². The molecule has 0 saturated carbocycles. The van der Waals surface area contributed by atoms with Crippen LogP contribution in [0, 0.1) is 6.92 Å². The van der Waals surface area contributed by atoms with Crippen LogP contribution >= 0.6 is 22.9 Å². The fourth-order valence-electron chi connectivity index (χ4n) is 1.81. The van der Waals surface area contributed by atoms with Crippen molar-refractivity contribution in [3.8, 4) is 0 Å². The number of aryl methyl sites for hydroxylation is 1. The summed E-state index contributed by atoms with van der Waals surface area (Å²) in [5.74, 6) is 0.431. The molecule has 1 amide bonds. The van der Waals surface area contributed by atoms with Crippen LogP contribution in [0.1, 0.15) is 20.9 Å². The van der Waals surface area contributed by atoms with Gasteiger partial charge in [0.25, 0.3) is 5.91 Å². The molecular formula is C14H15ClN2OS. The Morgan fingerprint density at radius 2 is 2.11 bits per heavy atom. The van der Waals surface area contributed by atoms with Crippen molar-refractivity contribution in [2.45, 2.75) is 13.5 Å². The van der Waals surface area contributed by atoms with E-state index in [4.69, 9.17) is 11.6 Å². The predicted molar refractivity (Wildman–Crippen MR) is 78.8 cm³/mol. The first kappa shape index (κ1) is 14.0. The van der Waals surface area contributed by atoms with Gasteiger partial charge >= 0.3 is 0 Å². The van der Waals surface area contributed by atoms with Crippen LogP contribution in [0.4, 0.5) is 0 Å². The van der Waals surface area contributed by atoms with Crippen LogP contribution in [0.5, 0.6) is 0 Å². The Labute approximate surface area is 121 Å². The third kappa shape index (κ3) is 3.55. The van der Waals surface area contributed by atoms with Crippen molar-refractivity contribution in [2.24, 2.45) is 0 Å². The first-order valence-corrected chi connectivity index (χ1v) is 7.43. The number of halogens is 1. The molecule has 0 aliphatic rings. The molecule has 1 aromatic carbocycles. The van der Waals surface area contributed by atoms with Crippen molar-refractivity contribution in [3.05, 3.63) is 52.0 Å². The fourth-order valence-corrected chi connectivity index (χ4v) is 2.78. The molecule has 0 unspecified atom stereocenters. The lowest BCUT2D eigenvalue weighted by atomic mass is 10.2. The highest BCUT2D eigenvalue weighted by Crippen LogP contribution is 2.17. The second-order valence-corrected chi connectivity index (χ2v) is 5.40. The smallest absolute Gasteiger partial charge is 0.266 e. The number of thiazole rings is 1. The second kappa shape index (κ2) is 6.68. The zero-order chi connectivity index (χ0) is 13.7. The zero-order valence-electron chi connectivity index (χ0n) is 10.7. The van der Waals surface area contributed by atoms with Crippen LogP contribution in [0.15, 0.2) is 35.8 Å². The molecule has 0 N–H and O–H groups in total. The maximum Gasteiger partial charge on any atom is 0.266 e. The Morgan fingerprint density at radius 1 is 1.37 bits per heavy atom. The van der Waals surface area contributed by atoms with Crippen molar-refractivity contribution in [1.29, 1.82) is 0 Å². The van der Waals surface area contributed by atoms with E-state index in [1.807, 2.05) is 37.3 Å². The van der Waals surface area contributed by atoms with Crippen LogP contribution in [0.2, 0.25) is 0 Å². The van der Waals surface area contributed by atoms with E-state index >= 15 is 0 Å². The Hall–Kier alpha value is -1.39. The third-order valence-electron chi connectivity index (χ3n) is 2.80. The molecule has 1 heterocycles. The zero-order valence-corrected chi connectivity index (χ0v) is 12.2. The van der Waals surface area contributed by atoms with Gasteiger partial charge in [0.2, 0.25) is 0 Å². The van der Waals surface area contributed by atoms with Gasteiger partial charge in [-0.2, -0.15) is 0 Å². The SMILES string of the molecule is Cc1ncsc1C(=O)N(CCCl)Cc1ccccc1. The summed E-state index contributed by atoms with van der Waals surface area (Å²) in [6.07, 6.45) is 0. The number of hydrogen-bond acceptors (Lipinski definition) is 3. The lowest BCUT2D eigenvalue weighted by molar-refractivity contribution is 0.0757. The van der Waals surface area contributed by atoms with E-state index in [1.165, 1.54) is 11.3 Å². The molecular weight excluding hydrogens is 280 g/mol. The summed E-state index contributed by atoms with van der Waals surface area (Å²) in [6, 6.07) is 9.92. The number of carbonyl (C=O) groups is 1. The molecule has 5 heteroatoms. The van der Waals surface area contributed by atoms with Crippen LogP contribution in [0.3, 0.4) is 0 Å². The number of aromatic nitrogens is 1. The number of hydrogen-bond donors (Lipinski definition) is 0. The van der Waals surface area contributed by atoms with Crippen molar-refractivity contribution in [1.82, 2.24) is 9.88 Å². The highest BCUT2D eigenvalue weighted by molar-refractivity contribution is 7.11. The van der Waals surface area contributed by atoms with Gasteiger partial charge in [-0.3, -0.25) is 4.79 Å². The summed E-state index contributed by atoms with van der Waals surface area (Å²) in [7, 11) is 0. The van der Waals surface area contributed by atoms with Crippen molar-refractivity contribution < 1.29 is 4.79 Å². The Balaban J connectivity index is 2.16. The number of alkyl halides is 1. The number of benzene rings is 1. The van der Waals surface area contributed by atoms with Gasteiger partial charge < -0.3 is 4.90 Å². The highest BCUT2D eigenvalue weighted by Gasteiger charge is 2.19. The first-order valence-electron chi connectivity index (χ1n) is 6.01. The van der Waals surface area contributed by atoms with E-state index < -0.39 is 0 Å². The van der Waals surface area contributed by atoms with E-state index in [0.29, 0.717) is 23.8 Å². The number of amides is 1. The van der Waals surface area contributed by atoms with E-state index in [9.17, 15) is 4.79 Å². The Bertz CT molecular complexity index is 541. The van der Waals surface area contributed by atoms with E-state index in [0.717, 1.165) is 11.3 Å². The predicted octanol–water partition coefficient (Wildman–Crippen LogP) is 3.33. The summed E-state index contributed by atoms with van der Waals surface area (Å²) < 4.78 is 0. The fraction of sp³-hybridized carbons (Fsp3) is 0.286. The molecule has 1 aromatic heterocycles. The minimum atomic E-state index is 0.00417. The minimum Gasteiger partial charge on any atom is -0.332 e. The molecule has 0 bridgehead atoms. The molecule has 0 aliphatic heterocycles. The number of nitrogens with zero attached hydrogens (tertiary/aromatic N) is 2. The molecule has 0 atom stereocenters. The third-order valence-corrected chi connectivity index (χ3v) is 3.88. The van der Waals surface area contributed by atoms with Gasteiger partial charge in [0, 0.05) is 19.0 Å². The van der Waals surface area contributed by atoms with Gasteiger partial charge in [-0.25, -0.2) is 4.98 Å². The van der Waals surface area contributed by atoms with E-state index in [-0.39, 0.29) is 5.91 Å². The van der Waals surface area contributed by atoms with Gasteiger partial charge in [-0.1, -0.05) is 30.3 Å². The van der Waals surface area contributed by atoms with Crippen LogP contribution in [-0.4, -0.2) is 28.2 Å². The minimum absolute atomic E-state index is 0.00417. The Kier molecular flexibility index (Phi) is 4.93. The average Bonchev–Trinajstić information content (AvgIpc) is 2.85. The highest BCUT2D eigenvalue weighted by atomic mass is 35.5. The maximum atomic E-state index is 12.5. The molecule has 2 aromatic rings. The molecule has 0 fully saturated rings. The van der Waals surface area contributed by atoms with Crippen LogP contribution < -0.4 is 0 Å². The maximum absolute atomic E-state index is 12.5. The topological polar surface area (TPSA) is 33.2 Å².